The second-order valence-electron chi connectivity index (χ2n) is 7.28. The van der Waals surface area contributed by atoms with Crippen LogP contribution in [0.3, 0.4) is 0 Å². The molecule has 0 aliphatic rings. The van der Waals surface area contributed by atoms with E-state index >= 15 is 0 Å². The molecule has 0 fully saturated rings. The summed E-state index contributed by atoms with van der Waals surface area (Å²) in [5, 5.41) is 19.8. The Labute approximate surface area is 194 Å². The van der Waals surface area contributed by atoms with Crippen molar-refractivity contribution in [3.8, 4) is 17.3 Å². The van der Waals surface area contributed by atoms with E-state index in [-0.39, 0.29) is 16.3 Å². The topological polar surface area (TPSA) is 71.9 Å². The Hall–Kier alpha value is -3.55. The molecule has 0 unspecified atom stereocenters. The Kier molecular flexibility index (Phi) is 6.03. The smallest absolute Gasteiger partial charge is 0.290 e. The molecule has 0 radical (unpaired) electrons. The van der Waals surface area contributed by atoms with Gasteiger partial charge >= 0.3 is 0 Å². The first kappa shape index (κ1) is 21.7. The van der Waals surface area contributed by atoms with Crippen LogP contribution in [0.5, 0.6) is 5.88 Å². The number of rotatable bonds is 4. The predicted octanol–water partition coefficient (Wildman–Crippen LogP) is 6.75. The molecule has 1 N–H and O–H groups in total. The summed E-state index contributed by atoms with van der Waals surface area (Å²) in [6, 6.07) is 21.4. The van der Waals surface area contributed by atoms with Crippen molar-refractivity contribution in [3.05, 3.63) is 104 Å². The van der Waals surface area contributed by atoms with Crippen LogP contribution in [0.15, 0.2) is 87.8 Å². The van der Waals surface area contributed by atoms with Crippen molar-refractivity contribution in [2.45, 2.75) is 13.8 Å². The quantitative estimate of drug-likeness (QED) is 0.269. The van der Waals surface area contributed by atoms with E-state index in [1.165, 1.54) is 9.13 Å². The Bertz CT molecular complexity index is 1420. The lowest BCUT2D eigenvalue weighted by Crippen LogP contribution is -2.23. The van der Waals surface area contributed by atoms with Crippen LogP contribution < -0.4 is 5.56 Å². The van der Waals surface area contributed by atoms with E-state index in [1.807, 2.05) is 50.2 Å². The largest absolute Gasteiger partial charge is 0.492 e. The first-order valence-electron chi connectivity index (χ1n) is 9.77. The van der Waals surface area contributed by atoms with Crippen LogP contribution in [0.25, 0.3) is 11.4 Å². The third kappa shape index (κ3) is 4.26. The van der Waals surface area contributed by atoms with Gasteiger partial charge in [0, 0.05) is 5.02 Å². The standard InChI is InChI=1S/C24H19ClN4O2S/c1-15-3-11-19(12-4-15)28-22(30)21(27-26-18-9-7-17(25)8-10-18)23(31)29(24(28)32)20-13-5-16(2)6-14-20/h3-14,30H,1-2H3. The number of halogens is 1. The summed E-state index contributed by atoms with van der Waals surface area (Å²) in [5.41, 5.74) is 2.94. The van der Waals surface area contributed by atoms with E-state index in [2.05, 4.69) is 10.2 Å². The summed E-state index contributed by atoms with van der Waals surface area (Å²) in [4.78, 5) is 13.4. The molecule has 0 atom stereocenters. The van der Waals surface area contributed by atoms with E-state index in [4.69, 9.17) is 23.8 Å². The summed E-state index contributed by atoms with van der Waals surface area (Å²) in [6.45, 7) is 3.91. The summed E-state index contributed by atoms with van der Waals surface area (Å²) < 4.78 is 2.86. The van der Waals surface area contributed by atoms with Crippen molar-refractivity contribution in [2.24, 2.45) is 10.2 Å². The van der Waals surface area contributed by atoms with Crippen molar-refractivity contribution in [2.75, 3.05) is 0 Å². The van der Waals surface area contributed by atoms with Gasteiger partial charge in [0.25, 0.3) is 5.56 Å². The number of nitrogens with zero attached hydrogens (tertiary/aromatic N) is 4. The number of hydrogen-bond acceptors (Lipinski definition) is 5. The summed E-state index contributed by atoms with van der Waals surface area (Å²) in [5.74, 6) is -0.384. The molecular weight excluding hydrogens is 444 g/mol. The van der Waals surface area contributed by atoms with Gasteiger partial charge in [-0.15, -0.1) is 5.11 Å². The molecule has 0 aliphatic heterocycles. The van der Waals surface area contributed by atoms with Crippen molar-refractivity contribution < 1.29 is 5.11 Å². The number of aryl methyl sites for hydroxylation is 2. The van der Waals surface area contributed by atoms with Crippen LogP contribution in [0, 0.1) is 18.6 Å². The van der Waals surface area contributed by atoms with Crippen LogP contribution in [0.1, 0.15) is 11.1 Å². The average Bonchev–Trinajstić information content (AvgIpc) is 2.77. The van der Waals surface area contributed by atoms with E-state index < -0.39 is 5.56 Å². The zero-order valence-corrected chi connectivity index (χ0v) is 18.9. The van der Waals surface area contributed by atoms with Crippen molar-refractivity contribution >= 4 is 35.2 Å². The lowest BCUT2D eigenvalue weighted by Gasteiger charge is -2.16. The van der Waals surface area contributed by atoms with Crippen LogP contribution in [0.2, 0.25) is 5.02 Å². The second-order valence-corrected chi connectivity index (χ2v) is 8.08. The highest BCUT2D eigenvalue weighted by molar-refractivity contribution is 7.71. The molecule has 6 nitrogen and oxygen atoms in total. The molecule has 4 aromatic rings. The fraction of sp³-hybridized carbons (Fsp3) is 0.0833. The van der Waals surface area contributed by atoms with Crippen molar-refractivity contribution in [1.29, 1.82) is 0 Å². The van der Waals surface area contributed by atoms with E-state index in [0.717, 1.165) is 11.1 Å². The zero-order chi connectivity index (χ0) is 22.8. The normalized spacial score (nSPS) is 11.2. The highest BCUT2D eigenvalue weighted by atomic mass is 35.5. The molecule has 0 amide bonds. The maximum atomic E-state index is 13.4. The molecule has 4 rings (SSSR count). The highest BCUT2D eigenvalue weighted by Crippen LogP contribution is 2.29. The molecule has 8 heteroatoms. The number of aromatic hydroxyl groups is 1. The lowest BCUT2D eigenvalue weighted by molar-refractivity contribution is 0.432. The third-order valence-corrected chi connectivity index (χ3v) is 5.51. The van der Waals surface area contributed by atoms with Gasteiger partial charge in [0.05, 0.1) is 17.1 Å². The molecule has 0 saturated heterocycles. The number of azo groups is 1. The lowest BCUT2D eigenvalue weighted by atomic mass is 10.2. The maximum absolute atomic E-state index is 13.4. The Balaban J connectivity index is 1.99. The number of hydrogen-bond donors (Lipinski definition) is 1. The fourth-order valence-corrected chi connectivity index (χ4v) is 3.64. The van der Waals surface area contributed by atoms with E-state index in [0.29, 0.717) is 22.1 Å². The molecule has 32 heavy (non-hydrogen) atoms. The van der Waals surface area contributed by atoms with Gasteiger partial charge in [0.1, 0.15) is 0 Å². The summed E-state index contributed by atoms with van der Waals surface area (Å²) in [7, 11) is 0. The van der Waals surface area contributed by atoms with Crippen molar-refractivity contribution in [1.82, 2.24) is 9.13 Å². The molecular formula is C24H19ClN4O2S. The van der Waals surface area contributed by atoms with Gasteiger partial charge in [-0.25, -0.2) is 0 Å². The van der Waals surface area contributed by atoms with Gasteiger partial charge in [-0.05, 0) is 74.6 Å². The van der Waals surface area contributed by atoms with Gasteiger partial charge in [-0.3, -0.25) is 13.9 Å². The minimum Gasteiger partial charge on any atom is -0.492 e. The molecule has 160 valence electrons. The van der Waals surface area contributed by atoms with Gasteiger partial charge < -0.3 is 5.11 Å². The van der Waals surface area contributed by atoms with Gasteiger partial charge in [0.2, 0.25) is 11.6 Å². The molecule has 0 spiro atoms. The van der Waals surface area contributed by atoms with Crippen LogP contribution in [-0.4, -0.2) is 14.2 Å². The van der Waals surface area contributed by atoms with Crippen molar-refractivity contribution in [3.63, 3.8) is 0 Å². The van der Waals surface area contributed by atoms with Crippen LogP contribution >= 0.6 is 23.8 Å². The Morgan fingerprint density at radius 1 is 0.781 bits per heavy atom. The van der Waals surface area contributed by atoms with Gasteiger partial charge in [-0.1, -0.05) is 47.0 Å². The molecule has 0 bridgehead atoms. The number of aromatic nitrogens is 2. The Morgan fingerprint density at radius 2 is 1.28 bits per heavy atom. The van der Waals surface area contributed by atoms with Gasteiger partial charge in [0.15, 0.2) is 4.77 Å². The fourth-order valence-electron chi connectivity index (χ4n) is 3.14. The third-order valence-electron chi connectivity index (χ3n) is 4.89. The Morgan fingerprint density at radius 3 is 1.81 bits per heavy atom. The first-order valence-corrected chi connectivity index (χ1v) is 10.6. The predicted molar refractivity (Wildman–Crippen MR) is 129 cm³/mol. The zero-order valence-electron chi connectivity index (χ0n) is 17.4. The molecule has 0 aliphatic carbocycles. The van der Waals surface area contributed by atoms with E-state index in [1.54, 1.807) is 36.4 Å². The minimum atomic E-state index is -0.572. The monoisotopic (exact) mass is 462 g/mol. The average molecular weight is 463 g/mol. The molecule has 3 aromatic carbocycles. The summed E-state index contributed by atoms with van der Waals surface area (Å²) in [6.07, 6.45) is 0. The van der Waals surface area contributed by atoms with E-state index in [9.17, 15) is 9.90 Å². The van der Waals surface area contributed by atoms with Crippen LogP contribution in [0.4, 0.5) is 11.4 Å². The molecule has 1 heterocycles. The van der Waals surface area contributed by atoms with Crippen LogP contribution in [-0.2, 0) is 0 Å². The highest BCUT2D eigenvalue weighted by Gasteiger charge is 2.19. The molecule has 0 saturated carbocycles. The first-order chi connectivity index (χ1) is 15.3. The number of benzene rings is 3. The van der Waals surface area contributed by atoms with Gasteiger partial charge in [-0.2, -0.15) is 5.11 Å². The summed E-state index contributed by atoms with van der Waals surface area (Å²) >= 11 is 11.5. The minimum absolute atomic E-state index is 0.116. The maximum Gasteiger partial charge on any atom is 0.290 e. The second kappa shape index (κ2) is 8.90. The SMILES string of the molecule is Cc1ccc(-n2c(O)c(N=Nc3ccc(Cl)cc3)c(=O)n(-c3ccc(C)cc3)c2=S)cc1. The molecule has 1 aromatic heterocycles.